The van der Waals surface area contributed by atoms with Crippen LogP contribution in [0.1, 0.15) is 24.6 Å². The Balaban J connectivity index is 2.10. The van der Waals surface area contributed by atoms with Gasteiger partial charge in [0.15, 0.2) is 0 Å². The van der Waals surface area contributed by atoms with Crippen molar-refractivity contribution in [1.82, 2.24) is 9.97 Å². The number of halogens is 1. The zero-order chi connectivity index (χ0) is 11.5. The molecule has 1 N–H and O–H groups in total. The Bertz CT molecular complexity index is 484. The van der Waals surface area contributed by atoms with Crippen molar-refractivity contribution in [2.75, 3.05) is 5.32 Å². The molecule has 16 heavy (non-hydrogen) atoms. The van der Waals surface area contributed by atoms with E-state index in [9.17, 15) is 0 Å². The predicted octanol–water partition coefficient (Wildman–Crippen LogP) is 3.31. The van der Waals surface area contributed by atoms with Gasteiger partial charge in [-0.3, -0.25) is 0 Å². The van der Waals surface area contributed by atoms with Crippen LogP contribution in [0.3, 0.4) is 0 Å². The van der Waals surface area contributed by atoms with Crippen molar-refractivity contribution in [2.45, 2.75) is 19.9 Å². The lowest BCUT2D eigenvalue weighted by Gasteiger charge is -2.10. The molecule has 1 unspecified atom stereocenters. The molecule has 2 aromatic heterocycles. The van der Waals surface area contributed by atoms with Gasteiger partial charge in [-0.1, -0.05) is 6.07 Å². The summed E-state index contributed by atoms with van der Waals surface area (Å²) in [6.45, 7) is 3.86. The molecular weight excluding hydrogens is 270 g/mol. The van der Waals surface area contributed by atoms with E-state index in [-0.39, 0.29) is 6.04 Å². The van der Waals surface area contributed by atoms with E-state index >= 15 is 0 Å². The molecule has 0 radical (unpaired) electrons. The fourth-order valence-electron chi connectivity index (χ4n) is 1.34. The van der Waals surface area contributed by atoms with Gasteiger partial charge < -0.3 is 9.73 Å². The first-order valence-electron chi connectivity index (χ1n) is 4.96. The predicted molar refractivity (Wildman–Crippen MR) is 65.2 cm³/mol. The first kappa shape index (κ1) is 11.1. The van der Waals surface area contributed by atoms with Crippen molar-refractivity contribution >= 4 is 21.7 Å². The van der Waals surface area contributed by atoms with E-state index in [0.717, 1.165) is 16.2 Å². The van der Waals surface area contributed by atoms with Crippen molar-refractivity contribution in [1.29, 1.82) is 0 Å². The van der Waals surface area contributed by atoms with Crippen LogP contribution in [0.25, 0.3) is 0 Å². The molecule has 0 aromatic carbocycles. The van der Waals surface area contributed by atoms with Crippen LogP contribution in [-0.2, 0) is 0 Å². The van der Waals surface area contributed by atoms with Gasteiger partial charge in [0.25, 0.3) is 0 Å². The Morgan fingerprint density at radius 2 is 2.25 bits per heavy atom. The standard InChI is InChI=1S/C11H12BrN3O/c1-7-6-13-11(16-7)8(2)14-10-5-3-4-9(12)15-10/h3-6,8H,1-2H3,(H,14,15). The number of nitrogens with one attached hydrogen (secondary N) is 1. The summed E-state index contributed by atoms with van der Waals surface area (Å²) in [5.41, 5.74) is 0. The van der Waals surface area contributed by atoms with E-state index in [4.69, 9.17) is 4.42 Å². The van der Waals surface area contributed by atoms with Gasteiger partial charge in [-0.25, -0.2) is 9.97 Å². The maximum atomic E-state index is 5.43. The van der Waals surface area contributed by atoms with E-state index in [2.05, 4.69) is 31.2 Å². The number of anilines is 1. The Kier molecular flexibility index (Phi) is 3.24. The first-order valence-corrected chi connectivity index (χ1v) is 5.76. The van der Waals surface area contributed by atoms with Crippen LogP contribution in [0, 0.1) is 6.92 Å². The lowest BCUT2D eigenvalue weighted by atomic mass is 10.3. The highest BCUT2D eigenvalue weighted by atomic mass is 79.9. The van der Waals surface area contributed by atoms with Gasteiger partial charge in [0.05, 0.1) is 6.20 Å². The summed E-state index contributed by atoms with van der Waals surface area (Å²) in [6, 6.07) is 5.70. The molecule has 2 aromatic rings. The summed E-state index contributed by atoms with van der Waals surface area (Å²) in [5, 5.41) is 3.21. The minimum absolute atomic E-state index is 0.00417. The lowest BCUT2D eigenvalue weighted by Crippen LogP contribution is -2.08. The molecule has 0 spiro atoms. The van der Waals surface area contributed by atoms with E-state index in [0.29, 0.717) is 5.89 Å². The smallest absolute Gasteiger partial charge is 0.216 e. The first-order chi connectivity index (χ1) is 7.65. The zero-order valence-corrected chi connectivity index (χ0v) is 10.7. The van der Waals surface area contributed by atoms with Gasteiger partial charge in [-0.15, -0.1) is 0 Å². The number of aryl methyl sites for hydroxylation is 1. The highest BCUT2D eigenvalue weighted by Gasteiger charge is 2.11. The number of hydrogen-bond donors (Lipinski definition) is 1. The summed E-state index contributed by atoms with van der Waals surface area (Å²) >= 11 is 3.32. The molecule has 0 aliphatic carbocycles. The summed E-state index contributed by atoms with van der Waals surface area (Å²) in [7, 11) is 0. The van der Waals surface area contributed by atoms with Crippen LogP contribution in [0.5, 0.6) is 0 Å². The second-order valence-corrected chi connectivity index (χ2v) is 4.33. The minimum atomic E-state index is -0.00417. The zero-order valence-electron chi connectivity index (χ0n) is 9.07. The molecule has 2 rings (SSSR count). The van der Waals surface area contributed by atoms with Crippen LogP contribution in [0.4, 0.5) is 5.82 Å². The van der Waals surface area contributed by atoms with Crippen molar-refractivity contribution in [3.05, 3.63) is 40.7 Å². The van der Waals surface area contributed by atoms with Crippen LogP contribution < -0.4 is 5.32 Å². The van der Waals surface area contributed by atoms with Gasteiger partial charge in [-0.05, 0) is 41.9 Å². The van der Waals surface area contributed by atoms with Gasteiger partial charge in [-0.2, -0.15) is 0 Å². The number of rotatable bonds is 3. The number of oxazole rings is 1. The SMILES string of the molecule is Cc1cnc(C(C)Nc2cccc(Br)n2)o1. The molecule has 2 heterocycles. The van der Waals surface area contributed by atoms with Gasteiger partial charge >= 0.3 is 0 Å². The highest BCUT2D eigenvalue weighted by Crippen LogP contribution is 2.18. The molecule has 4 nitrogen and oxygen atoms in total. The lowest BCUT2D eigenvalue weighted by molar-refractivity contribution is 0.453. The van der Waals surface area contributed by atoms with E-state index in [1.54, 1.807) is 6.20 Å². The second-order valence-electron chi connectivity index (χ2n) is 3.52. The molecule has 0 amide bonds. The summed E-state index contributed by atoms with van der Waals surface area (Å²) in [5.74, 6) is 2.27. The van der Waals surface area contributed by atoms with E-state index in [1.807, 2.05) is 32.0 Å². The third-order valence-electron chi connectivity index (χ3n) is 2.09. The topological polar surface area (TPSA) is 51.0 Å². The molecule has 5 heteroatoms. The Hall–Kier alpha value is -1.36. The van der Waals surface area contributed by atoms with Crippen LogP contribution in [-0.4, -0.2) is 9.97 Å². The van der Waals surface area contributed by atoms with Gasteiger partial charge in [0.1, 0.15) is 22.2 Å². The molecular formula is C11H12BrN3O. The normalized spacial score (nSPS) is 12.4. The largest absolute Gasteiger partial charge is 0.444 e. The van der Waals surface area contributed by atoms with Crippen molar-refractivity contribution < 1.29 is 4.42 Å². The summed E-state index contributed by atoms with van der Waals surface area (Å²) < 4.78 is 6.23. The Labute approximate surface area is 102 Å². The average molecular weight is 282 g/mol. The molecule has 84 valence electrons. The molecule has 0 bridgehead atoms. The van der Waals surface area contributed by atoms with Gasteiger partial charge in [0, 0.05) is 0 Å². The average Bonchev–Trinajstić information content (AvgIpc) is 2.65. The van der Waals surface area contributed by atoms with E-state index in [1.165, 1.54) is 0 Å². The van der Waals surface area contributed by atoms with Crippen molar-refractivity contribution in [3.63, 3.8) is 0 Å². The second kappa shape index (κ2) is 4.65. The molecule has 0 fully saturated rings. The van der Waals surface area contributed by atoms with Gasteiger partial charge in [0.2, 0.25) is 5.89 Å². The highest BCUT2D eigenvalue weighted by molar-refractivity contribution is 9.10. The van der Waals surface area contributed by atoms with Crippen LogP contribution >= 0.6 is 15.9 Å². The Morgan fingerprint density at radius 3 is 2.88 bits per heavy atom. The quantitative estimate of drug-likeness (QED) is 0.877. The number of pyridine rings is 1. The number of hydrogen-bond acceptors (Lipinski definition) is 4. The number of aromatic nitrogens is 2. The fourth-order valence-corrected chi connectivity index (χ4v) is 1.69. The molecule has 0 saturated heterocycles. The third-order valence-corrected chi connectivity index (χ3v) is 2.53. The molecule has 1 atom stereocenters. The molecule has 0 aliphatic heterocycles. The monoisotopic (exact) mass is 281 g/mol. The summed E-state index contributed by atoms with van der Waals surface area (Å²) in [6.07, 6.45) is 1.71. The summed E-state index contributed by atoms with van der Waals surface area (Å²) in [4.78, 5) is 8.45. The van der Waals surface area contributed by atoms with E-state index < -0.39 is 0 Å². The minimum Gasteiger partial charge on any atom is -0.444 e. The Morgan fingerprint density at radius 1 is 1.44 bits per heavy atom. The fraction of sp³-hybridized carbons (Fsp3) is 0.273. The maximum absolute atomic E-state index is 5.43. The third kappa shape index (κ3) is 2.61. The van der Waals surface area contributed by atoms with Crippen LogP contribution in [0.15, 0.2) is 33.4 Å². The number of nitrogens with zero attached hydrogens (tertiary/aromatic N) is 2. The maximum Gasteiger partial charge on any atom is 0.216 e. The molecule has 0 aliphatic rings. The molecule has 0 saturated carbocycles. The van der Waals surface area contributed by atoms with Crippen LogP contribution in [0.2, 0.25) is 0 Å². The van der Waals surface area contributed by atoms with Crippen molar-refractivity contribution in [2.24, 2.45) is 0 Å². The van der Waals surface area contributed by atoms with Crippen molar-refractivity contribution in [3.8, 4) is 0 Å².